The number of rotatable bonds is 5. The van der Waals surface area contributed by atoms with Crippen LogP contribution in [0.25, 0.3) is 0 Å². The molecule has 0 aromatic rings. The lowest BCUT2D eigenvalue weighted by Crippen LogP contribution is -2.41. The van der Waals surface area contributed by atoms with Crippen molar-refractivity contribution in [3.05, 3.63) is 0 Å². The van der Waals surface area contributed by atoms with E-state index in [4.69, 9.17) is 0 Å². The standard InChI is InChI=1S/C9H17BrN2O/c1-7(6-11-9(13)5-10)12(2)8-3-4-8/h7-8H,3-6H2,1-2H3,(H,11,13). The van der Waals surface area contributed by atoms with Gasteiger partial charge in [0.05, 0.1) is 5.33 Å². The minimum atomic E-state index is 0.0658. The van der Waals surface area contributed by atoms with E-state index in [-0.39, 0.29) is 5.91 Å². The van der Waals surface area contributed by atoms with Gasteiger partial charge in [-0.3, -0.25) is 9.69 Å². The zero-order chi connectivity index (χ0) is 9.84. The van der Waals surface area contributed by atoms with Crippen LogP contribution in [0.15, 0.2) is 0 Å². The van der Waals surface area contributed by atoms with E-state index in [2.05, 4.69) is 40.1 Å². The molecule has 76 valence electrons. The lowest BCUT2D eigenvalue weighted by molar-refractivity contribution is -0.118. The molecule has 0 bridgehead atoms. The zero-order valence-corrected chi connectivity index (χ0v) is 9.80. The summed E-state index contributed by atoms with van der Waals surface area (Å²) in [7, 11) is 2.13. The first-order chi connectivity index (χ1) is 6.15. The first kappa shape index (κ1) is 11.0. The monoisotopic (exact) mass is 248 g/mol. The van der Waals surface area contributed by atoms with Crippen LogP contribution >= 0.6 is 15.9 Å². The summed E-state index contributed by atoms with van der Waals surface area (Å²) >= 11 is 3.12. The fraction of sp³-hybridized carbons (Fsp3) is 0.889. The Morgan fingerprint density at radius 1 is 1.69 bits per heavy atom. The van der Waals surface area contributed by atoms with Crippen LogP contribution in [0.2, 0.25) is 0 Å². The highest BCUT2D eigenvalue weighted by Gasteiger charge is 2.28. The zero-order valence-electron chi connectivity index (χ0n) is 8.22. The summed E-state index contributed by atoms with van der Waals surface area (Å²) in [5, 5.41) is 3.26. The first-order valence-corrected chi connectivity index (χ1v) is 5.82. The molecular formula is C9H17BrN2O. The molecule has 0 saturated heterocycles. The van der Waals surface area contributed by atoms with Crippen LogP contribution in [-0.2, 0) is 4.79 Å². The Bertz CT molecular complexity index is 182. The van der Waals surface area contributed by atoms with E-state index in [0.717, 1.165) is 12.6 Å². The number of hydrogen-bond acceptors (Lipinski definition) is 2. The van der Waals surface area contributed by atoms with Crippen molar-refractivity contribution in [2.75, 3.05) is 18.9 Å². The molecule has 1 unspecified atom stereocenters. The maximum atomic E-state index is 10.9. The molecule has 1 fully saturated rings. The van der Waals surface area contributed by atoms with Crippen LogP contribution in [0.3, 0.4) is 0 Å². The summed E-state index contributed by atoms with van der Waals surface area (Å²) in [5.74, 6) is 0.0658. The predicted molar refractivity (Wildman–Crippen MR) is 57.1 cm³/mol. The van der Waals surface area contributed by atoms with E-state index in [0.29, 0.717) is 11.4 Å². The van der Waals surface area contributed by atoms with Gasteiger partial charge in [-0.1, -0.05) is 15.9 Å². The van der Waals surface area contributed by atoms with E-state index in [9.17, 15) is 4.79 Å². The molecule has 1 aliphatic rings. The number of hydrogen-bond donors (Lipinski definition) is 1. The molecule has 1 saturated carbocycles. The molecule has 1 N–H and O–H groups in total. The van der Waals surface area contributed by atoms with E-state index in [1.54, 1.807) is 0 Å². The second-order valence-corrected chi connectivity index (χ2v) is 4.24. The van der Waals surface area contributed by atoms with Gasteiger partial charge < -0.3 is 5.32 Å². The van der Waals surface area contributed by atoms with E-state index < -0.39 is 0 Å². The number of nitrogens with one attached hydrogen (secondary N) is 1. The number of likely N-dealkylation sites (N-methyl/N-ethyl adjacent to an activating group) is 1. The quantitative estimate of drug-likeness (QED) is 0.737. The number of alkyl halides is 1. The number of nitrogens with zero attached hydrogens (tertiary/aromatic N) is 1. The Labute approximate surface area is 88.0 Å². The van der Waals surface area contributed by atoms with Gasteiger partial charge in [0.25, 0.3) is 0 Å². The summed E-state index contributed by atoms with van der Waals surface area (Å²) in [4.78, 5) is 13.3. The van der Waals surface area contributed by atoms with Gasteiger partial charge in [0.15, 0.2) is 0 Å². The maximum Gasteiger partial charge on any atom is 0.230 e. The normalized spacial score (nSPS) is 18.8. The summed E-state index contributed by atoms with van der Waals surface area (Å²) in [6.45, 7) is 2.89. The highest BCUT2D eigenvalue weighted by molar-refractivity contribution is 9.09. The Hall–Kier alpha value is -0.0900. The third-order valence-electron chi connectivity index (χ3n) is 2.53. The Morgan fingerprint density at radius 3 is 2.77 bits per heavy atom. The van der Waals surface area contributed by atoms with Gasteiger partial charge in [0, 0.05) is 18.6 Å². The lowest BCUT2D eigenvalue weighted by Gasteiger charge is -2.24. The van der Waals surface area contributed by atoms with Gasteiger partial charge in [-0.25, -0.2) is 0 Å². The van der Waals surface area contributed by atoms with Crippen molar-refractivity contribution in [1.82, 2.24) is 10.2 Å². The Kier molecular flexibility index (Phi) is 4.19. The van der Waals surface area contributed by atoms with Crippen molar-refractivity contribution in [3.8, 4) is 0 Å². The minimum Gasteiger partial charge on any atom is -0.354 e. The summed E-state index contributed by atoms with van der Waals surface area (Å²) in [5.41, 5.74) is 0. The highest BCUT2D eigenvalue weighted by Crippen LogP contribution is 2.26. The summed E-state index contributed by atoms with van der Waals surface area (Å²) in [6.07, 6.45) is 2.63. The number of amides is 1. The molecule has 1 amide bonds. The molecule has 13 heavy (non-hydrogen) atoms. The van der Waals surface area contributed by atoms with Gasteiger partial charge in [-0.2, -0.15) is 0 Å². The third kappa shape index (κ3) is 3.65. The van der Waals surface area contributed by atoms with Crippen LogP contribution in [0.4, 0.5) is 0 Å². The molecule has 0 aliphatic heterocycles. The van der Waals surface area contributed by atoms with E-state index in [1.165, 1.54) is 12.8 Å². The highest BCUT2D eigenvalue weighted by atomic mass is 79.9. The molecule has 4 heteroatoms. The van der Waals surface area contributed by atoms with Gasteiger partial charge in [0.2, 0.25) is 5.91 Å². The first-order valence-electron chi connectivity index (χ1n) is 4.69. The van der Waals surface area contributed by atoms with Crippen LogP contribution < -0.4 is 5.32 Å². The van der Waals surface area contributed by atoms with Gasteiger partial charge in [-0.05, 0) is 26.8 Å². The van der Waals surface area contributed by atoms with Crippen molar-refractivity contribution in [1.29, 1.82) is 0 Å². The number of carbonyl (C=O) groups excluding carboxylic acids is 1. The molecular weight excluding hydrogens is 232 g/mol. The summed E-state index contributed by atoms with van der Waals surface area (Å²) < 4.78 is 0. The van der Waals surface area contributed by atoms with Crippen molar-refractivity contribution in [2.24, 2.45) is 0 Å². The van der Waals surface area contributed by atoms with Gasteiger partial charge in [0.1, 0.15) is 0 Å². The number of halogens is 1. The second-order valence-electron chi connectivity index (χ2n) is 3.68. The van der Waals surface area contributed by atoms with Crippen molar-refractivity contribution in [2.45, 2.75) is 31.8 Å². The molecule has 0 aromatic carbocycles. The van der Waals surface area contributed by atoms with Gasteiger partial charge >= 0.3 is 0 Å². The fourth-order valence-corrected chi connectivity index (χ4v) is 1.49. The smallest absolute Gasteiger partial charge is 0.230 e. The van der Waals surface area contributed by atoms with Crippen LogP contribution in [0.5, 0.6) is 0 Å². The minimum absolute atomic E-state index is 0.0658. The summed E-state index contributed by atoms with van der Waals surface area (Å²) in [6, 6.07) is 1.20. The lowest BCUT2D eigenvalue weighted by atomic mass is 10.3. The molecule has 0 spiro atoms. The van der Waals surface area contributed by atoms with Crippen LogP contribution in [-0.4, -0.2) is 41.8 Å². The SMILES string of the molecule is CC(CNC(=O)CBr)N(C)C1CC1. The topological polar surface area (TPSA) is 32.3 Å². The van der Waals surface area contributed by atoms with Crippen LogP contribution in [0, 0.1) is 0 Å². The fourth-order valence-electron chi connectivity index (χ4n) is 1.29. The average Bonchev–Trinajstić information content (AvgIpc) is 2.95. The molecule has 0 radical (unpaired) electrons. The molecule has 1 atom stereocenters. The maximum absolute atomic E-state index is 10.9. The largest absolute Gasteiger partial charge is 0.354 e. The van der Waals surface area contributed by atoms with E-state index in [1.807, 2.05) is 0 Å². The number of carbonyl (C=O) groups is 1. The van der Waals surface area contributed by atoms with Crippen molar-refractivity contribution < 1.29 is 4.79 Å². The predicted octanol–water partition coefficient (Wildman–Crippen LogP) is 0.980. The molecule has 0 aromatic heterocycles. The van der Waals surface area contributed by atoms with Crippen molar-refractivity contribution in [3.63, 3.8) is 0 Å². The third-order valence-corrected chi connectivity index (χ3v) is 3.04. The van der Waals surface area contributed by atoms with Crippen LogP contribution in [0.1, 0.15) is 19.8 Å². The Balaban J connectivity index is 2.15. The molecule has 0 heterocycles. The van der Waals surface area contributed by atoms with Crippen molar-refractivity contribution >= 4 is 21.8 Å². The molecule has 3 nitrogen and oxygen atoms in total. The molecule has 1 rings (SSSR count). The Morgan fingerprint density at radius 2 is 2.31 bits per heavy atom. The van der Waals surface area contributed by atoms with E-state index >= 15 is 0 Å². The second kappa shape index (κ2) is 4.96. The molecule has 1 aliphatic carbocycles. The van der Waals surface area contributed by atoms with Gasteiger partial charge in [-0.15, -0.1) is 0 Å². The average molecular weight is 249 g/mol.